The van der Waals surface area contributed by atoms with E-state index < -0.39 is 12.1 Å². The highest BCUT2D eigenvalue weighted by Crippen LogP contribution is 2.23. The summed E-state index contributed by atoms with van der Waals surface area (Å²) in [5.41, 5.74) is 6.93. The van der Waals surface area contributed by atoms with Crippen molar-refractivity contribution >= 4 is 11.8 Å². The second-order valence-corrected chi connectivity index (χ2v) is 5.84. The molecule has 0 aromatic heterocycles. The Kier molecular flexibility index (Phi) is 5.82. The smallest absolute Gasteiger partial charge is 0.352 e. The molecular weight excluding hydrogens is 323 g/mol. The van der Waals surface area contributed by atoms with Crippen LogP contribution in [0.1, 0.15) is 28.8 Å². The maximum atomic E-state index is 12.4. The molecule has 1 aromatic rings. The number of alkyl halides is 3. The number of nitrogens with one attached hydrogen (secondary N) is 1. The summed E-state index contributed by atoms with van der Waals surface area (Å²) in [5, 5.41) is 2.78. The van der Waals surface area contributed by atoms with Crippen molar-refractivity contribution in [2.45, 2.75) is 25.6 Å². The molecule has 1 fully saturated rings. The number of carbonyl (C=O) groups is 2. The van der Waals surface area contributed by atoms with E-state index >= 15 is 0 Å². The number of nitrogens with zero attached hydrogens (tertiary/aromatic N) is 1. The zero-order chi connectivity index (χ0) is 17.7. The Hall–Kier alpha value is -2.09. The molecule has 0 atom stereocenters. The Labute approximate surface area is 138 Å². The minimum Gasteiger partial charge on any atom is -0.352 e. The monoisotopic (exact) mass is 343 g/mol. The third kappa shape index (κ3) is 4.70. The fourth-order valence-electron chi connectivity index (χ4n) is 2.65. The average molecular weight is 343 g/mol. The molecule has 0 unspecified atom stereocenters. The van der Waals surface area contributed by atoms with Gasteiger partial charge in [-0.2, -0.15) is 13.2 Å². The van der Waals surface area contributed by atoms with Crippen molar-refractivity contribution < 1.29 is 22.8 Å². The fourth-order valence-corrected chi connectivity index (χ4v) is 2.65. The van der Waals surface area contributed by atoms with Gasteiger partial charge in [0.05, 0.1) is 0 Å². The van der Waals surface area contributed by atoms with E-state index in [0.29, 0.717) is 31.5 Å². The maximum absolute atomic E-state index is 12.4. The van der Waals surface area contributed by atoms with Crippen molar-refractivity contribution in [1.82, 2.24) is 10.2 Å². The van der Waals surface area contributed by atoms with Crippen molar-refractivity contribution in [2.24, 2.45) is 11.7 Å². The number of piperidine rings is 1. The van der Waals surface area contributed by atoms with E-state index in [4.69, 9.17) is 5.73 Å². The normalized spacial score (nSPS) is 16.1. The van der Waals surface area contributed by atoms with Gasteiger partial charge in [-0.15, -0.1) is 0 Å². The molecule has 2 rings (SSSR count). The topological polar surface area (TPSA) is 75.4 Å². The lowest BCUT2D eigenvalue weighted by atomic mass is 9.96. The Morgan fingerprint density at radius 1 is 1.17 bits per heavy atom. The van der Waals surface area contributed by atoms with Gasteiger partial charge in [0.2, 0.25) is 0 Å². The molecule has 1 saturated heterocycles. The van der Waals surface area contributed by atoms with Gasteiger partial charge in [-0.1, -0.05) is 12.1 Å². The van der Waals surface area contributed by atoms with Gasteiger partial charge < -0.3 is 16.0 Å². The third-order valence-electron chi connectivity index (χ3n) is 4.15. The van der Waals surface area contributed by atoms with Gasteiger partial charge in [0.1, 0.15) is 0 Å². The molecule has 0 radical (unpaired) electrons. The first-order valence-electron chi connectivity index (χ1n) is 7.74. The SMILES string of the molecule is NCc1ccc(C(=O)NCC2CCN(C(=O)C(F)(F)F)CC2)cc1. The van der Waals surface area contributed by atoms with Gasteiger partial charge in [0, 0.05) is 31.7 Å². The fraction of sp³-hybridized carbons (Fsp3) is 0.500. The molecule has 5 nitrogen and oxygen atoms in total. The number of rotatable bonds is 4. The van der Waals surface area contributed by atoms with Crippen molar-refractivity contribution in [3.8, 4) is 0 Å². The van der Waals surface area contributed by atoms with Crippen molar-refractivity contribution in [1.29, 1.82) is 0 Å². The van der Waals surface area contributed by atoms with E-state index in [1.807, 2.05) is 0 Å². The van der Waals surface area contributed by atoms with Crippen LogP contribution in [0.5, 0.6) is 0 Å². The molecule has 2 amide bonds. The minimum absolute atomic E-state index is 0.0596. The van der Waals surface area contributed by atoms with Crippen LogP contribution in [0.4, 0.5) is 13.2 Å². The summed E-state index contributed by atoms with van der Waals surface area (Å²) in [7, 11) is 0. The molecule has 0 bridgehead atoms. The Morgan fingerprint density at radius 2 is 1.75 bits per heavy atom. The third-order valence-corrected chi connectivity index (χ3v) is 4.15. The quantitative estimate of drug-likeness (QED) is 0.873. The number of carbonyl (C=O) groups excluding carboxylic acids is 2. The number of hydrogen-bond acceptors (Lipinski definition) is 3. The van der Waals surface area contributed by atoms with Crippen LogP contribution >= 0.6 is 0 Å². The molecule has 0 saturated carbocycles. The molecule has 0 spiro atoms. The van der Waals surface area contributed by atoms with Gasteiger partial charge in [-0.25, -0.2) is 0 Å². The molecule has 0 aliphatic carbocycles. The molecule has 24 heavy (non-hydrogen) atoms. The molecule has 1 heterocycles. The van der Waals surface area contributed by atoms with E-state index in [-0.39, 0.29) is 24.9 Å². The summed E-state index contributed by atoms with van der Waals surface area (Å²) in [6.45, 7) is 0.900. The van der Waals surface area contributed by atoms with Crippen molar-refractivity contribution in [3.05, 3.63) is 35.4 Å². The standard InChI is InChI=1S/C16H20F3N3O2/c17-16(18,19)15(24)22-7-5-12(6-8-22)10-21-14(23)13-3-1-11(9-20)2-4-13/h1-4,12H,5-10,20H2,(H,21,23). The van der Waals surface area contributed by atoms with Gasteiger partial charge in [-0.05, 0) is 36.5 Å². The summed E-state index contributed by atoms with van der Waals surface area (Å²) in [5.74, 6) is -1.95. The maximum Gasteiger partial charge on any atom is 0.471 e. The van der Waals surface area contributed by atoms with E-state index in [0.717, 1.165) is 10.5 Å². The predicted octanol–water partition coefficient (Wildman–Crippen LogP) is 1.68. The number of nitrogens with two attached hydrogens (primary N) is 1. The van der Waals surface area contributed by atoms with Gasteiger partial charge >= 0.3 is 12.1 Å². The first-order valence-corrected chi connectivity index (χ1v) is 7.74. The Balaban J connectivity index is 1.78. The van der Waals surface area contributed by atoms with E-state index in [1.54, 1.807) is 24.3 Å². The molecule has 8 heteroatoms. The summed E-state index contributed by atoms with van der Waals surface area (Å²) in [4.78, 5) is 24.0. The van der Waals surface area contributed by atoms with Crippen LogP contribution < -0.4 is 11.1 Å². The largest absolute Gasteiger partial charge is 0.471 e. The molecule has 1 aliphatic heterocycles. The summed E-state index contributed by atoms with van der Waals surface area (Å²) >= 11 is 0. The lowest BCUT2D eigenvalue weighted by Gasteiger charge is -2.32. The van der Waals surface area contributed by atoms with E-state index in [2.05, 4.69) is 5.32 Å². The zero-order valence-corrected chi connectivity index (χ0v) is 13.1. The minimum atomic E-state index is -4.82. The number of halogens is 3. The zero-order valence-electron chi connectivity index (χ0n) is 13.1. The van der Waals surface area contributed by atoms with Gasteiger partial charge in [-0.3, -0.25) is 9.59 Å². The number of benzene rings is 1. The highest BCUT2D eigenvalue weighted by atomic mass is 19.4. The molecular formula is C16H20F3N3O2. The van der Waals surface area contributed by atoms with E-state index in [9.17, 15) is 22.8 Å². The highest BCUT2D eigenvalue weighted by molar-refractivity contribution is 5.94. The Bertz CT molecular complexity index is 579. The van der Waals surface area contributed by atoms with Crippen LogP contribution in [0.15, 0.2) is 24.3 Å². The molecule has 1 aliphatic rings. The molecule has 1 aromatic carbocycles. The van der Waals surface area contributed by atoms with Crippen LogP contribution in [-0.4, -0.2) is 42.5 Å². The summed E-state index contributed by atoms with van der Waals surface area (Å²) in [6, 6.07) is 6.91. The van der Waals surface area contributed by atoms with Crippen molar-refractivity contribution in [2.75, 3.05) is 19.6 Å². The lowest BCUT2D eigenvalue weighted by Crippen LogP contribution is -2.46. The summed E-state index contributed by atoms with van der Waals surface area (Å²) in [6.07, 6.45) is -3.95. The van der Waals surface area contributed by atoms with Crippen LogP contribution in [0, 0.1) is 5.92 Å². The van der Waals surface area contributed by atoms with Crippen LogP contribution in [-0.2, 0) is 11.3 Å². The van der Waals surface area contributed by atoms with E-state index in [1.165, 1.54) is 0 Å². The number of hydrogen-bond donors (Lipinski definition) is 2. The van der Waals surface area contributed by atoms with Crippen LogP contribution in [0.25, 0.3) is 0 Å². The first-order chi connectivity index (χ1) is 11.3. The van der Waals surface area contributed by atoms with Crippen LogP contribution in [0.3, 0.4) is 0 Å². The second-order valence-electron chi connectivity index (χ2n) is 5.84. The predicted molar refractivity (Wildman–Crippen MR) is 82.0 cm³/mol. The molecule has 132 valence electrons. The van der Waals surface area contributed by atoms with Gasteiger partial charge in [0.25, 0.3) is 5.91 Å². The Morgan fingerprint density at radius 3 is 2.25 bits per heavy atom. The lowest BCUT2D eigenvalue weighted by molar-refractivity contribution is -0.186. The van der Waals surface area contributed by atoms with Crippen molar-refractivity contribution in [3.63, 3.8) is 0 Å². The molecule has 3 N–H and O–H groups in total. The highest BCUT2D eigenvalue weighted by Gasteiger charge is 2.43. The number of likely N-dealkylation sites (tertiary alicyclic amines) is 1. The first kappa shape index (κ1) is 18.3. The average Bonchev–Trinajstić information content (AvgIpc) is 2.58. The van der Waals surface area contributed by atoms with Gasteiger partial charge in [0.15, 0.2) is 0 Å². The number of amides is 2. The summed E-state index contributed by atoms with van der Waals surface area (Å²) < 4.78 is 37.1. The van der Waals surface area contributed by atoms with Crippen LogP contribution in [0.2, 0.25) is 0 Å². The second kappa shape index (κ2) is 7.65.